The molecule has 0 N–H and O–H groups in total. The second kappa shape index (κ2) is 14.8. The fraction of sp³-hybridized carbons (Fsp3) is 0.302. The van der Waals surface area contributed by atoms with Gasteiger partial charge in [0.25, 0.3) is 0 Å². The largest absolute Gasteiger partial charge is 3.00 e. The number of rotatable bonds is 5. The van der Waals surface area contributed by atoms with Crippen LogP contribution in [0.1, 0.15) is 92.5 Å². The van der Waals surface area contributed by atoms with E-state index in [1.807, 2.05) is 0 Å². The van der Waals surface area contributed by atoms with Crippen molar-refractivity contribution < 1.29 is 51.0 Å². The molecule has 4 aromatic rings. The Hall–Kier alpha value is -2.44. The third-order valence-electron chi connectivity index (χ3n) is 9.17. The molecule has 2 aliphatic carbocycles. The predicted octanol–water partition coefficient (Wildman–Crippen LogP) is 3.19. The monoisotopic (exact) mass is 721 g/mol. The number of hydrogen-bond acceptors (Lipinski definition) is 0. The summed E-state index contributed by atoms with van der Waals surface area (Å²) in [6, 6.07) is 27.0. The summed E-state index contributed by atoms with van der Waals surface area (Å²) in [5.41, 5.74) is 13.9. The Balaban J connectivity index is 0.00000192. The van der Waals surface area contributed by atoms with Gasteiger partial charge in [0.1, 0.15) is 0 Å². The SMILES string of the molecule is Cc1cc2c(cc1C(C)(C)C)=c1c(c(C3=CC=CC3)c(C)c(C(C)(C)C)c1=C(Cc1ccccc1)Cc1ccccc1)[C-]=2.[Cl-].[Cl-].[Zr+3]. The fourth-order valence-electron chi connectivity index (χ4n) is 7.48. The van der Waals surface area contributed by atoms with Crippen molar-refractivity contribution in [3.8, 4) is 0 Å². The quantitative estimate of drug-likeness (QED) is 0.245. The zero-order valence-corrected chi connectivity index (χ0v) is 32.5. The Morgan fingerprint density at radius 2 is 1.33 bits per heavy atom. The predicted molar refractivity (Wildman–Crippen MR) is 185 cm³/mol. The molecule has 0 aliphatic heterocycles. The average molecular weight is 724 g/mol. The van der Waals surface area contributed by atoms with Gasteiger partial charge in [0.05, 0.1) is 0 Å². The first-order valence-corrected chi connectivity index (χ1v) is 15.9. The minimum absolute atomic E-state index is 0. The van der Waals surface area contributed by atoms with Crippen molar-refractivity contribution in [3.05, 3.63) is 156 Å². The van der Waals surface area contributed by atoms with E-state index in [9.17, 15) is 0 Å². The number of allylic oxidation sites excluding steroid dienone is 4. The molecule has 4 aromatic carbocycles. The van der Waals surface area contributed by atoms with Crippen LogP contribution in [0.5, 0.6) is 0 Å². The molecule has 0 spiro atoms. The Bertz CT molecular complexity index is 1960. The molecular weight excluding hydrogens is 679 g/mol. The Morgan fingerprint density at radius 3 is 1.80 bits per heavy atom. The van der Waals surface area contributed by atoms with Crippen LogP contribution in [0.3, 0.4) is 0 Å². The molecule has 0 nitrogen and oxygen atoms in total. The molecular formula is C43H45Cl2Zr. The van der Waals surface area contributed by atoms with Gasteiger partial charge in [0.2, 0.25) is 0 Å². The maximum absolute atomic E-state index is 4.00. The summed E-state index contributed by atoms with van der Waals surface area (Å²) in [4.78, 5) is 0. The smallest absolute Gasteiger partial charge is 1.00 e. The van der Waals surface area contributed by atoms with E-state index in [0.29, 0.717) is 0 Å². The van der Waals surface area contributed by atoms with Crippen LogP contribution < -0.4 is 35.3 Å². The van der Waals surface area contributed by atoms with Gasteiger partial charge in [-0.1, -0.05) is 165 Å². The first kappa shape index (κ1) is 38.0. The minimum Gasteiger partial charge on any atom is -1.00 e. The van der Waals surface area contributed by atoms with Crippen molar-refractivity contribution in [1.82, 2.24) is 0 Å². The van der Waals surface area contributed by atoms with Gasteiger partial charge in [0.15, 0.2) is 0 Å². The summed E-state index contributed by atoms with van der Waals surface area (Å²) in [7, 11) is 0. The molecule has 0 unspecified atom stereocenters. The van der Waals surface area contributed by atoms with E-state index in [-0.39, 0.29) is 61.8 Å². The van der Waals surface area contributed by atoms with Gasteiger partial charge in [-0.15, -0.1) is 33.4 Å². The van der Waals surface area contributed by atoms with E-state index < -0.39 is 0 Å². The topological polar surface area (TPSA) is 0 Å². The van der Waals surface area contributed by atoms with Crippen LogP contribution in [0, 0.1) is 24.3 Å². The molecule has 0 fully saturated rings. The number of aryl methyl sites for hydroxylation is 1. The van der Waals surface area contributed by atoms with Crippen molar-refractivity contribution in [3.63, 3.8) is 0 Å². The molecule has 0 saturated heterocycles. The van der Waals surface area contributed by atoms with Gasteiger partial charge in [0, 0.05) is 0 Å². The molecule has 46 heavy (non-hydrogen) atoms. The van der Waals surface area contributed by atoms with Crippen LogP contribution in [-0.2, 0) is 49.9 Å². The van der Waals surface area contributed by atoms with Gasteiger partial charge in [-0.25, -0.2) is 0 Å². The van der Waals surface area contributed by atoms with Gasteiger partial charge in [-0.05, 0) is 60.6 Å². The van der Waals surface area contributed by atoms with Gasteiger partial charge in [-0.2, -0.15) is 0 Å². The molecule has 0 atom stereocenters. The van der Waals surface area contributed by atoms with Crippen LogP contribution in [0.2, 0.25) is 0 Å². The van der Waals surface area contributed by atoms with Crippen molar-refractivity contribution in [2.75, 3.05) is 0 Å². The third kappa shape index (κ3) is 7.33. The molecule has 0 heterocycles. The number of halogens is 2. The average Bonchev–Trinajstić information content (AvgIpc) is 3.59. The van der Waals surface area contributed by atoms with E-state index in [1.165, 1.54) is 76.5 Å². The number of benzene rings is 4. The van der Waals surface area contributed by atoms with E-state index in [1.54, 1.807) is 0 Å². The molecule has 0 aromatic heterocycles. The number of fused-ring (bicyclic) bond motifs is 2. The van der Waals surface area contributed by atoms with E-state index in [4.69, 9.17) is 0 Å². The zero-order valence-electron chi connectivity index (χ0n) is 28.5. The molecule has 0 amide bonds. The third-order valence-corrected chi connectivity index (χ3v) is 9.17. The van der Waals surface area contributed by atoms with Crippen molar-refractivity contribution in [2.24, 2.45) is 0 Å². The van der Waals surface area contributed by atoms with E-state index in [2.05, 4.69) is 152 Å². The van der Waals surface area contributed by atoms with Crippen molar-refractivity contribution in [2.45, 2.75) is 85.5 Å². The maximum atomic E-state index is 4.00. The molecule has 235 valence electrons. The van der Waals surface area contributed by atoms with Gasteiger partial charge < -0.3 is 24.8 Å². The molecule has 0 bridgehead atoms. The van der Waals surface area contributed by atoms with Crippen LogP contribution in [-0.4, -0.2) is 0 Å². The normalized spacial score (nSPS) is 13.0. The van der Waals surface area contributed by atoms with Gasteiger partial charge >= 0.3 is 26.2 Å². The first-order chi connectivity index (χ1) is 20.4. The molecule has 3 heteroatoms. The standard InChI is InChI=1S/C43H45.2ClH.Zr/c1-28-23-33-26-36-38(32-21-15-16-22-32)29(2)41(43(6,7)8)39(40(36)35(33)27-37(28)42(3,4)5)34(24-30-17-11-9-12-18-30)25-31-19-13-10-14-20-31;;;/h9-21,23,27H,22,24-25H2,1-8H3;2*1H;/q-1;;;+3/p-2. The Morgan fingerprint density at radius 1 is 0.761 bits per heavy atom. The van der Waals surface area contributed by atoms with Crippen LogP contribution in [0.4, 0.5) is 0 Å². The number of hydrogen-bond donors (Lipinski definition) is 0. The summed E-state index contributed by atoms with van der Waals surface area (Å²) in [5, 5.41) is 5.41. The second-order valence-electron chi connectivity index (χ2n) is 14.6. The van der Waals surface area contributed by atoms with Crippen LogP contribution in [0.25, 0.3) is 17.2 Å². The summed E-state index contributed by atoms with van der Waals surface area (Å²) >= 11 is 0. The Kier molecular flexibility index (Phi) is 12.2. The molecule has 6 rings (SSSR count). The fourth-order valence-corrected chi connectivity index (χ4v) is 7.48. The van der Waals surface area contributed by atoms with Crippen molar-refractivity contribution in [1.29, 1.82) is 0 Å². The summed E-state index contributed by atoms with van der Waals surface area (Å²) in [6.45, 7) is 18.9. The van der Waals surface area contributed by atoms with E-state index >= 15 is 0 Å². The molecule has 2 aliphatic rings. The van der Waals surface area contributed by atoms with Crippen molar-refractivity contribution >= 4 is 17.2 Å². The summed E-state index contributed by atoms with van der Waals surface area (Å²) < 4.78 is 0. The molecule has 0 saturated carbocycles. The molecule has 1 radical (unpaired) electrons. The zero-order chi connectivity index (χ0) is 30.5. The second-order valence-corrected chi connectivity index (χ2v) is 14.6. The first-order valence-electron chi connectivity index (χ1n) is 15.9. The summed E-state index contributed by atoms with van der Waals surface area (Å²) in [6.07, 6.45) is 13.7. The minimum atomic E-state index is -0.0469. The van der Waals surface area contributed by atoms with Crippen LogP contribution >= 0.6 is 0 Å². The van der Waals surface area contributed by atoms with E-state index in [0.717, 1.165) is 19.3 Å². The maximum Gasteiger partial charge on any atom is 3.00 e. The van der Waals surface area contributed by atoms with Gasteiger partial charge in [-0.3, -0.25) is 0 Å². The van der Waals surface area contributed by atoms with Crippen LogP contribution in [0.15, 0.2) is 91.0 Å². The summed E-state index contributed by atoms with van der Waals surface area (Å²) in [5.74, 6) is 0. The Labute approximate surface area is 308 Å².